The maximum atomic E-state index is 13.6. The molecule has 0 spiro atoms. The Hall–Kier alpha value is -3.71. The summed E-state index contributed by atoms with van der Waals surface area (Å²) in [6.07, 6.45) is 5.07. The molecule has 0 atom stereocenters. The SMILES string of the molecule is COc1cn(Cc2ccc(F)c(Cl)c2)c(Nc2cc(-c3cccnc3)ccc2C)nc1=O. The molecule has 0 aliphatic rings. The number of methoxy groups -OCH3 is 1. The first-order valence-electron chi connectivity index (χ1n) is 9.82. The number of pyridine rings is 1. The molecule has 6 nitrogen and oxygen atoms in total. The second kappa shape index (κ2) is 9.20. The van der Waals surface area contributed by atoms with E-state index in [-0.39, 0.29) is 10.8 Å². The molecule has 0 saturated heterocycles. The van der Waals surface area contributed by atoms with Crippen LogP contribution in [0.25, 0.3) is 11.1 Å². The Morgan fingerprint density at radius 2 is 2.00 bits per heavy atom. The van der Waals surface area contributed by atoms with Gasteiger partial charge in [0.05, 0.1) is 24.9 Å². The largest absolute Gasteiger partial charge is 0.490 e. The van der Waals surface area contributed by atoms with E-state index < -0.39 is 11.4 Å². The molecule has 0 unspecified atom stereocenters. The van der Waals surface area contributed by atoms with Gasteiger partial charge in [0.2, 0.25) is 11.7 Å². The first-order valence-corrected chi connectivity index (χ1v) is 10.2. The van der Waals surface area contributed by atoms with E-state index >= 15 is 0 Å². The van der Waals surface area contributed by atoms with Crippen molar-refractivity contribution in [3.05, 3.63) is 99.4 Å². The van der Waals surface area contributed by atoms with E-state index in [1.165, 1.54) is 13.2 Å². The van der Waals surface area contributed by atoms with Gasteiger partial charge in [-0.3, -0.25) is 9.78 Å². The number of anilines is 2. The van der Waals surface area contributed by atoms with Crippen LogP contribution in [0, 0.1) is 12.7 Å². The molecular formula is C24H20ClFN4O2. The molecule has 0 amide bonds. The van der Waals surface area contributed by atoms with Crippen molar-refractivity contribution in [2.24, 2.45) is 0 Å². The molecule has 0 aliphatic carbocycles. The Bertz CT molecular complexity index is 1330. The molecule has 0 radical (unpaired) electrons. The topological polar surface area (TPSA) is 69.0 Å². The van der Waals surface area contributed by atoms with Gasteiger partial charge in [-0.1, -0.05) is 35.9 Å². The molecule has 4 rings (SSSR count). The Morgan fingerprint density at radius 3 is 2.72 bits per heavy atom. The molecule has 0 saturated carbocycles. The third-order valence-corrected chi connectivity index (χ3v) is 5.29. The molecule has 2 heterocycles. The summed E-state index contributed by atoms with van der Waals surface area (Å²) in [6.45, 7) is 2.26. The molecule has 0 fully saturated rings. The van der Waals surface area contributed by atoms with Crippen LogP contribution < -0.4 is 15.6 Å². The van der Waals surface area contributed by atoms with Crippen molar-refractivity contribution in [3.8, 4) is 16.9 Å². The number of benzene rings is 2. The van der Waals surface area contributed by atoms with Gasteiger partial charge in [0, 0.05) is 23.6 Å². The maximum Gasteiger partial charge on any atom is 0.316 e. The molecule has 0 aliphatic heterocycles. The van der Waals surface area contributed by atoms with Crippen molar-refractivity contribution >= 4 is 23.2 Å². The van der Waals surface area contributed by atoms with E-state index in [2.05, 4.69) is 15.3 Å². The zero-order chi connectivity index (χ0) is 22.7. The summed E-state index contributed by atoms with van der Waals surface area (Å²) >= 11 is 5.93. The number of nitrogens with zero attached hydrogens (tertiary/aromatic N) is 3. The lowest BCUT2D eigenvalue weighted by molar-refractivity contribution is 0.402. The minimum absolute atomic E-state index is 0.0259. The molecule has 8 heteroatoms. The molecule has 0 bridgehead atoms. The van der Waals surface area contributed by atoms with Crippen molar-refractivity contribution in [2.75, 3.05) is 12.4 Å². The number of nitrogens with one attached hydrogen (secondary N) is 1. The number of hydrogen-bond acceptors (Lipinski definition) is 5. The first-order chi connectivity index (χ1) is 15.4. The number of rotatable bonds is 6. The highest BCUT2D eigenvalue weighted by molar-refractivity contribution is 6.30. The fourth-order valence-electron chi connectivity index (χ4n) is 3.26. The van der Waals surface area contributed by atoms with Gasteiger partial charge in [-0.25, -0.2) is 4.39 Å². The second-order valence-corrected chi connectivity index (χ2v) is 7.62. The zero-order valence-corrected chi connectivity index (χ0v) is 18.2. The Morgan fingerprint density at radius 1 is 1.16 bits per heavy atom. The van der Waals surface area contributed by atoms with Crippen LogP contribution in [0.1, 0.15) is 11.1 Å². The third kappa shape index (κ3) is 4.63. The lowest BCUT2D eigenvalue weighted by atomic mass is 10.0. The smallest absolute Gasteiger partial charge is 0.316 e. The zero-order valence-electron chi connectivity index (χ0n) is 17.5. The van der Waals surface area contributed by atoms with Gasteiger partial charge >= 0.3 is 5.56 Å². The molecule has 162 valence electrons. The monoisotopic (exact) mass is 450 g/mol. The van der Waals surface area contributed by atoms with Crippen molar-refractivity contribution in [2.45, 2.75) is 13.5 Å². The first kappa shape index (κ1) is 21.5. The molecule has 4 aromatic rings. The standard InChI is InChI=1S/C24H20ClFN4O2/c1-15-5-7-17(18-4-3-9-27-12-18)11-21(15)28-24-29-23(31)22(32-2)14-30(24)13-16-6-8-20(26)19(25)10-16/h3-12,14H,13H2,1-2H3,(H,28,29,31). The Labute approximate surface area is 189 Å². The number of aryl methyl sites for hydroxylation is 1. The van der Waals surface area contributed by atoms with Gasteiger partial charge in [0.25, 0.3) is 0 Å². The molecule has 2 aromatic carbocycles. The van der Waals surface area contributed by atoms with Gasteiger partial charge in [0.1, 0.15) is 5.82 Å². The van der Waals surface area contributed by atoms with Crippen molar-refractivity contribution in [3.63, 3.8) is 0 Å². The summed E-state index contributed by atoms with van der Waals surface area (Å²) in [5.74, 6) is -0.0699. The third-order valence-electron chi connectivity index (χ3n) is 5.00. The van der Waals surface area contributed by atoms with E-state index in [1.807, 2.05) is 37.3 Å². The highest BCUT2D eigenvalue weighted by Crippen LogP contribution is 2.27. The van der Waals surface area contributed by atoms with Crippen LogP contribution in [0.4, 0.5) is 16.0 Å². The van der Waals surface area contributed by atoms with Crippen molar-refractivity contribution < 1.29 is 9.13 Å². The number of ether oxygens (including phenoxy) is 1. The second-order valence-electron chi connectivity index (χ2n) is 7.21. The quantitative estimate of drug-likeness (QED) is 0.437. The van der Waals surface area contributed by atoms with E-state index in [9.17, 15) is 9.18 Å². The van der Waals surface area contributed by atoms with Crippen LogP contribution in [-0.2, 0) is 6.54 Å². The molecular weight excluding hydrogens is 431 g/mol. The Balaban J connectivity index is 1.74. The maximum absolute atomic E-state index is 13.6. The molecule has 1 N–H and O–H groups in total. The number of aromatic nitrogens is 3. The van der Waals surface area contributed by atoms with Gasteiger partial charge in [0.15, 0.2) is 0 Å². The summed E-state index contributed by atoms with van der Waals surface area (Å²) in [4.78, 5) is 20.7. The van der Waals surface area contributed by atoms with Crippen LogP contribution in [-0.4, -0.2) is 21.6 Å². The van der Waals surface area contributed by atoms with Gasteiger partial charge < -0.3 is 14.6 Å². The summed E-state index contributed by atoms with van der Waals surface area (Å²) in [6, 6.07) is 14.3. The summed E-state index contributed by atoms with van der Waals surface area (Å²) in [7, 11) is 1.41. The predicted octanol–water partition coefficient (Wildman–Crippen LogP) is 5.21. The number of hydrogen-bond donors (Lipinski definition) is 1. The summed E-state index contributed by atoms with van der Waals surface area (Å²) in [5, 5.41) is 3.28. The fourth-order valence-corrected chi connectivity index (χ4v) is 3.46. The van der Waals surface area contributed by atoms with E-state index in [0.717, 1.165) is 27.9 Å². The van der Waals surface area contributed by atoms with Crippen molar-refractivity contribution in [1.82, 2.24) is 14.5 Å². The Kier molecular flexibility index (Phi) is 6.18. The van der Waals surface area contributed by atoms with Crippen LogP contribution >= 0.6 is 11.6 Å². The summed E-state index contributed by atoms with van der Waals surface area (Å²) in [5.41, 5.74) is 3.95. The average Bonchev–Trinajstić information content (AvgIpc) is 2.80. The molecule has 2 aromatic heterocycles. The van der Waals surface area contributed by atoms with Crippen molar-refractivity contribution in [1.29, 1.82) is 0 Å². The van der Waals surface area contributed by atoms with Gasteiger partial charge in [-0.2, -0.15) is 4.98 Å². The van der Waals surface area contributed by atoms with Crippen LogP contribution in [0.15, 0.2) is 71.9 Å². The van der Waals surface area contributed by atoms with Crippen LogP contribution in [0.3, 0.4) is 0 Å². The fraction of sp³-hybridized carbons (Fsp3) is 0.125. The lowest BCUT2D eigenvalue weighted by Crippen LogP contribution is -2.19. The summed E-state index contributed by atoms with van der Waals surface area (Å²) < 4.78 is 20.4. The molecule has 32 heavy (non-hydrogen) atoms. The average molecular weight is 451 g/mol. The van der Waals surface area contributed by atoms with E-state index in [4.69, 9.17) is 16.3 Å². The van der Waals surface area contributed by atoms with E-state index in [1.54, 1.807) is 35.3 Å². The predicted molar refractivity (Wildman–Crippen MR) is 123 cm³/mol. The van der Waals surface area contributed by atoms with Gasteiger partial charge in [-0.05, 0) is 47.9 Å². The number of halogens is 2. The highest BCUT2D eigenvalue weighted by Gasteiger charge is 2.13. The minimum atomic E-state index is -0.496. The highest BCUT2D eigenvalue weighted by atomic mass is 35.5. The van der Waals surface area contributed by atoms with E-state index in [0.29, 0.717) is 12.5 Å². The van der Waals surface area contributed by atoms with Crippen LogP contribution in [0.2, 0.25) is 5.02 Å². The minimum Gasteiger partial charge on any atom is -0.490 e. The van der Waals surface area contributed by atoms with Crippen LogP contribution in [0.5, 0.6) is 5.75 Å². The lowest BCUT2D eigenvalue weighted by Gasteiger charge is -2.17. The normalized spacial score (nSPS) is 10.8. The van der Waals surface area contributed by atoms with Gasteiger partial charge in [-0.15, -0.1) is 0 Å².